The molecule has 3 nitrogen and oxygen atoms in total. The zero-order valence-electron chi connectivity index (χ0n) is 11.3. The molecule has 1 amide bonds. The molecule has 0 aliphatic rings. The van der Waals surface area contributed by atoms with Crippen LogP contribution < -0.4 is 5.32 Å². The summed E-state index contributed by atoms with van der Waals surface area (Å²) in [5.41, 5.74) is 2.03. The highest BCUT2D eigenvalue weighted by Crippen LogP contribution is 2.22. The highest BCUT2D eigenvalue weighted by Gasteiger charge is 2.19. The molecular formula is C17H16N2O. The van der Waals surface area contributed by atoms with Crippen LogP contribution in [-0.4, -0.2) is 5.91 Å². The van der Waals surface area contributed by atoms with Crippen molar-refractivity contribution in [3.8, 4) is 6.07 Å². The van der Waals surface area contributed by atoms with Crippen molar-refractivity contribution < 1.29 is 4.79 Å². The highest BCUT2D eigenvalue weighted by atomic mass is 16.1. The first-order valence-electron chi connectivity index (χ1n) is 6.61. The fourth-order valence-electron chi connectivity index (χ4n) is 2.17. The van der Waals surface area contributed by atoms with Gasteiger partial charge in [-0.15, -0.1) is 0 Å². The second kappa shape index (κ2) is 6.53. The van der Waals surface area contributed by atoms with E-state index in [0.717, 1.165) is 5.56 Å². The summed E-state index contributed by atoms with van der Waals surface area (Å²) in [6.07, 6.45) is 0.713. The first kappa shape index (κ1) is 13.8. The summed E-state index contributed by atoms with van der Waals surface area (Å²) in [6.45, 7) is 1.98. The van der Waals surface area contributed by atoms with Crippen molar-refractivity contribution in [2.45, 2.75) is 19.3 Å². The Morgan fingerprint density at radius 3 is 2.45 bits per heavy atom. The van der Waals surface area contributed by atoms with Crippen LogP contribution in [0.4, 0.5) is 5.69 Å². The van der Waals surface area contributed by atoms with Gasteiger partial charge in [0.2, 0.25) is 5.91 Å². The van der Waals surface area contributed by atoms with Gasteiger partial charge in [-0.1, -0.05) is 49.4 Å². The number of nitrogens with one attached hydrogen (secondary N) is 1. The van der Waals surface area contributed by atoms with Crippen molar-refractivity contribution in [1.29, 1.82) is 5.26 Å². The molecule has 0 aromatic heterocycles. The highest BCUT2D eigenvalue weighted by molar-refractivity contribution is 5.96. The molecule has 0 spiro atoms. The van der Waals surface area contributed by atoms with Crippen molar-refractivity contribution >= 4 is 11.6 Å². The fraction of sp³-hybridized carbons (Fsp3) is 0.176. The summed E-state index contributed by atoms with van der Waals surface area (Å²) in [6, 6.07) is 18.8. The van der Waals surface area contributed by atoms with Gasteiger partial charge in [0.25, 0.3) is 0 Å². The third-order valence-corrected chi connectivity index (χ3v) is 3.23. The monoisotopic (exact) mass is 264 g/mol. The molecule has 0 saturated heterocycles. The van der Waals surface area contributed by atoms with Gasteiger partial charge in [-0.25, -0.2) is 0 Å². The summed E-state index contributed by atoms with van der Waals surface area (Å²) in [5.74, 6) is -0.288. The normalized spacial score (nSPS) is 11.4. The van der Waals surface area contributed by atoms with E-state index >= 15 is 0 Å². The lowest BCUT2D eigenvalue weighted by atomic mass is 9.95. The lowest BCUT2D eigenvalue weighted by Gasteiger charge is -2.16. The van der Waals surface area contributed by atoms with Gasteiger partial charge >= 0.3 is 0 Å². The Labute approximate surface area is 118 Å². The zero-order valence-corrected chi connectivity index (χ0v) is 11.3. The van der Waals surface area contributed by atoms with Crippen LogP contribution in [-0.2, 0) is 4.79 Å². The van der Waals surface area contributed by atoms with Crippen LogP contribution in [0.2, 0.25) is 0 Å². The predicted octanol–water partition coefficient (Wildman–Crippen LogP) is 3.69. The molecule has 1 atom stereocenters. The second-order valence-electron chi connectivity index (χ2n) is 4.52. The summed E-state index contributed by atoms with van der Waals surface area (Å²) in [4.78, 5) is 12.4. The molecule has 0 unspecified atom stereocenters. The van der Waals surface area contributed by atoms with Crippen molar-refractivity contribution in [1.82, 2.24) is 0 Å². The number of amides is 1. The maximum Gasteiger partial charge on any atom is 0.231 e. The van der Waals surface area contributed by atoms with Gasteiger partial charge < -0.3 is 5.32 Å². The quantitative estimate of drug-likeness (QED) is 0.915. The largest absolute Gasteiger partial charge is 0.324 e. The van der Waals surface area contributed by atoms with Gasteiger partial charge in [-0.2, -0.15) is 5.26 Å². The average molecular weight is 264 g/mol. The van der Waals surface area contributed by atoms with Gasteiger partial charge in [0, 0.05) is 0 Å². The first-order chi connectivity index (χ1) is 9.76. The van der Waals surface area contributed by atoms with Gasteiger partial charge in [-0.3, -0.25) is 4.79 Å². The van der Waals surface area contributed by atoms with E-state index in [2.05, 4.69) is 11.4 Å². The third-order valence-electron chi connectivity index (χ3n) is 3.23. The molecule has 0 bridgehead atoms. The fourth-order valence-corrected chi connectivity index (χ4v) is 2.17. The van der Waals surface area contributed by atoms with Gasteiger partial charge in [0.05, 0.1) is 17.2 Å². The molecule has 2 rings (SSSR count). The molecule has 0 aliphatic heterocycles. The molecule has 3 heteroatoms. The van der Waals surface area contributed by atoms with E-state index < -0.39 is 0 Å². The van der Waals surface area contributed by atoms with Crippen LogP contribution in [0.1, 0.15) is 30.4 Å². The Morgan fingerprint density at radius 2 is 1.80 bits per heavy atom. The van der Waals surface area contributed by atoms with Crippen LogP contribution in [0.3, 0.4) is 0 Å². The lowest BCUT2D eigenvalue weighted by molar-refractivity contribution is -0.117. The van der Waals surface area contributed by atoms with Crippen LogP contribution in [0, 0.1) is 11.3 Å². The molecule has 2 aromatic rings. The minimum Gasteiger partial charge on any atom is -0.324 e. The van der Waals surface area contributed by atoms with Crippen molar-refractivity contribution in [2.75, 3.05) is 5.32 Å². The van der Waals surface area contributed by atoms with E-state index in [9.17, 15) is 4.79 Å². The predicted molar refractivity (Wildman–Crippen MR) is 79.3 cm³/mol. The van der Waals surface area contributed by atoms with Crippen molar-refractivity contribution in [3.63, 3.8) is 0 Å². The standard InChI is InChI=1S/C17H16N2O/c1-2-15(13-8-4-3-5-9-13)17(20)19-16-11-7-6-10-14(16)12-18/h3-11,15H,2H2,1H3,(H,19,20)/t15-/m1/s1. The van der Waals surface area contributed by atoms with E-state index in [1.54, 1.807) is 24.3 Å². The molecule has 0 fully saturated rings. The summed E-state index contributed by atoms with van der Waals surface area (Å²) in [5, 5.41) is 11.9. The molecule has 100 valence electrons. The molecule has 0 aliphatic carbocycles. The molecule has 20 heavy (non-hydrogen) atoms. The average Bonchev–Trinajstić information content (AvgIpc) is 2.49. The lowest BCUT2D eigenvalue weighted by Crippen LogP contribution is -2.21. The molecule has 0 saturated carbocycles. The maximum absolute atomic E-state index is 12.4. The Morgan fingerprint density at radius 1 is 1.15 bits per heavy atom. The minimum absolute atomic E-state index is 0.0820. The number of carbonyl (C=O) groups is 1. The van der Waals surface area contributed by atoms with Gasteiger partial charge in [-0.05, 0) is 24.1 Å². The van der Waals surface area contributed by atoms with Gasteiger partial charge in [0.15, 0.2) is 0 Å². The summed E-state index contributed by atoms with van der Waals surface area (Å²) in [7, 11) is 0. The van der Waals surface area contributed by atoms with E-state index in [4.69, 9.17) is 5.26 Å². The number of nitriles is 1. The third kappa shape index (κ3) is 3.04. The van der Waals surface area contributed by atoms with Crippen LogP contribution in [0.5, 0.6) is 0 Å². The number of hydrogen-bond acceptors (Lipinski definition) is 2. The van der Waals surface area contributed by atoms with Crippen LogP contribution in [0.25, 0.3) is 0 Å². The summed E-state index contributed by atoms with van der Waals surface area (Å²) >= 11 is 0. The second-order valence-corrected chi connectivity index (χ2v) is 4.52. The first-order valence-corrected chi connectivity index (χ1v) is 6.61. The number of anilines is 1. The minimum atomic E-state index is -0.206. The number of rotatable bonds is 4. The number of nitrogens with zero attached hydrogens (tertiary/aromatic N) is 1. The Hall–Kier alpha value is -2.60. The van der Waals surface area contributed by atoms with Crippen molar-refractivity contribution in [2.24, 2.45) is 0 Å². The molecular weight excluding hydrogens is 248 g/mol. The van der Waals surface area contributed by atoms with E-state index in [1.165, 1.54) is 0 Å². The van der Waals surface area contributed by atoms with Crippen LogP contribution >= 0.6 is 0 Å². The Balaban J connectivity index is 2.21. The molecule has 0 radical (unpaired) electrons. The van der Waals surface area contributed by atoms with E-state index in [-0.39, 0.29) is 11.8 Å². The van der Waals surface area contributed by atoms with E-state index in [1.807, 2.05) is 37.3 Å². The SMILES string of the molecule is CC[C@@H](C(=O)Nc1ccccc1C#N)c1ccccc1. The number of benzene rings is 2. The Kier molecular flexibility index (Phi) is 4.52. The number of carbonyl (C=O) groups excluding carboxylic acids is 1. The topological polar surface area (TPSA) is 52.9 Å². The number of para-hydroxylation sites is 1. The Bertz CT molecular complexity index is 629. The number of hydrogen-bond donors (Lipinski definition) is 1. The van der Waals surface area contributed by atoms with Crippen molar-refractivity contribution in [3.05, 3.63) is 65.7 Å². The zero-order chi connectivity index (χ0) is 14.4. The van der Waals surface area contributed by atoms with E-state index in [0.29, 0.717) is 17.7 Å². The molecule has 0 heterocycles. The maximum atomic E-state index is 12.4. The smallest absolute Gasteiger partial charge is 0.231 e. The van der Waals surface area contributed by atoms with Crippen LogP contribution in [0.15, 0.2) is 54.6 Å². The molecule has 2 aromatic carbocycles. The van der Waals surface area contributed by atoms with Gasteiger partial charge in [0.1, 0.15) is 6.07 Å². The summed E-state index contributed by atoms with van der Waals surface area (Å²) < 4.78 is 0. The molecule has 1 N–H and O–H groups in total.